The third kappa shape index (κ3) is 4.27. The van der Waals surface area contributed by atoms with Crippen LogP contribution in [0.25, 0.3) is 0 Å². The lowest BCUT2D eigenvalue weighted by Crippen LogP contribution is -2.52. The van der Waals surface area contributed by atoms with E-state index >= 15 is 0 Å². The molecule has 1 amide bonds. The van der Waals surface area contributed by atoms with Crippen molar-refractivity contribution in [1.82, 2.24) is 20.1 Å². The molecule has 0 spiro atoms. The molecule has 3 heterocycles. The van der Waals surface area contributed by atoms with Crippen molar-refractivity contribution in [2.75, 3.05) is 51.2 Å². The fourth-order valence-corrected chi connectivity index (χ4v) is 4.41. The molecule has 27 heavy (non-hydrogen) atoms. The fraction of sp³-hybridized carbons (Fsp3) is 0.714. The monoisotopic (exact) mass is 373 g/mol. The zero-order chi connectivity index (χ0) is 19.4. The molecule has 6 nitrogen and oxygen atoms in total. The molecule has 1 aromatic heterocycles. The molecule has 1 unspecified atom stereocenters. The molecule has 2 aliphatic heterocycles. The Labute approximate surface area is 163 Å². The summed E-state index contributed by atoms with van der Waals surface area (Å²) in [5.41, 5.74) is 1.94. The van der Waals surface area contributed by atoms with Crippen molar-refractivity contribution in [3.8, 4) is 0 Å². The van der Waals surface area contributed by atoms with Crippen LogP contribution in [0, 0.1) is 0 Å². The average molecular weight is 374 g/mol. The van der Waals surface area contributed by atoms with Crippen LogP contribution in [0.3, 0.4) is 0 Å². The van der Waals surface area contributed by atoms with Gasteiger partial charge in [-0.1, -0.05) is 13.8 Å². The lowest BCUT2D eigenvalue weighted by molar-refractivity contribution is 0.0958. The summed E-state index contributed by atoms with van der Waals surface area (Å²) in [6.45, 7) is 13.7. The Morgan fingerprint density at radius 2 is 1.89 bits per heavy atom. The number of anilines is 1. The molecular formula is C21H35N5O. The lowest BCUT2D eigenvalue weighted by Gasteiger charge is -2.41. The summed E-state index contributed by atoms with van der Waals surface area (Å²) in [5, 5.41) is 2.61. The van der Waals surface area contributed by atoms with Gasteiger partial charge in [-0.2, -0.15) is 0 Å². The molecule has 6 heteroatoms. The standard InChI is InChI=1S/C21H35N5O/c1-5-21(3,6-2)26-10-9-18(16-26)25-13-11-24(12-14-25)17-7-8-19(23-15-17)20(27)22-4/h7-8,15,18H,5-6,9-14,16H2,1-4H3,(H,22,27). The summed E-state index contributed by atoms with van der Waals surface area (Å²) >= 11 is 0. The largest absolute Gasteiger partial charge is 0.368 e. The van der Waals surface area contributed by atoms with E-state index < -0.39 is 0 Å². The minimum atomic E-state index is -0.136. The van der Waals surface area contributed by atoms with Crippen LogP contribution in [-0.2, 0) is 0 Å². The number of hydrogen-bond acceptors (Lipinski definition) is 5. The zero-order valence-corrected chi connectivity index (χ0v) is 17.4. The van der Waals surface area contributed by atoms with Crippen molar-refractivity contribution in [2.24, 2.45) is 0 Å². The number of aromatic nitrogens is 1. The Morgan fingerprint density at radius 3 is 2.44 bits per heavy atom. The zero-order valence-electron chi connectivity index (χ0n) is 17.4. The van der Waals surface area contributed by atoms with Gasteiger partial charge in [0.15, 0.2) is 0 Å². The van der Waals surface area contributed by atoms with Crippen molar-refractivity contribution < 1.29 is 4.79 Å². The van der Waals surface area contributed by atoms with Crippen LogP contribution in [0.5, 0.6) is 0 Å². The number of nitrogens with one attached hydrogen (secondary N) is 1. The molecule has 2 fully saturated rings. The molecule has 1 N–H and O–H groups in total. The maximum Gasteiger partial charge on any atom is 0.269 e. The molecule has 2 aliphatic rings. The molecule has 150 valence electrons. The van der Waals surface area contributed by atoms with Crippen LogP contribution in [0.2, 0.25) is 0 Å². The Kier molecular flexibility index (Phi) is 6.37. The van der Waals surface area contributed by atoms with Crippen molar-refractivity contribution in [2.45, 2.75) is 51.6 Å². The van der Waals surface area contributed by atoms with Crippen LogP contribution in [0.15, 0.2) is 18.3 Å². The normalized spacial score (nSPS) is 22.2. The second-order valence-electron chi connectivity index (χ2n) is 8.10. The Morgan fingerprint density at radius 1 is 1.19 bits per heavy atom. The first-order valence-electron chi connectivity index (χ1n) is 10.4. The van der Waals surface area contributed by atoms with Crippen LogP contribution in [0.1, 0.15) is 50.5 Å². The number of amides is 1. The highest BCUT2D eigenvalue weighted by molar-refractivity contribution is 5.92. The number of piperazine rings is 1. The van der Waals surface area contributed by atoms with Gasteiger partial charge in [0.2, 0.25) is 0 Å². The first kappa shape index (κ1) is 20.1. The number of carbonyl (C=O) groups is 1. The molecule has 0 aliphatic carbocycles. The van der Waals surface area contributed by atoms with E-state index in [2.05, 4.69) is 45.8 Å². The molecule has 1 atom stereocenters. The third-order valence-corrected chi connectivity index (χ3v) is 6.85. The van der Waals surface area contributed by atoms with Gasteiger partial charge in [-0.15, -0.1) is 0 Å². The molecule has 0 radical (unpaired) electrons. The number of likely N-dealkylation sites (tertiary alicyclic amines) is 1. The van der Waals surface area contributed by atoms with Gasteiger partial charge < -0.3 is 10.2 Å². The Hall–Kier alpha value is -1.66. The summed E-state index contributed by atoms with van der Waals surface area (Å²) < 4.78 is 0. The van der Waals surface area contributed by atoms with E-state index in [1.54, 1.807) is 7.05 Å². The van der Waals surface area contributed by atoms with Crippen LogP contribution in [-0.4, -0.2) is 78.6 Å². The molecule has 0 saturated carbocycles. The second-order valence-corrected chi connectivity index (χ2v) is 8.10. The number of rotatable bonds is 6. The minimum absolute atomic E-state index is 0.136. The predicted octanol–water partition coefficient (Wildman–Crippen LogP) is 2.22. The van der Waals surface area contributed by atoms with Crippen LogP contribution in [0.4, 0.5) is 5.69 Å². The van der Waals surface area contributed by atoms with Crippen molar-refractivity contribution >= 4 is 11.6 Å². The summed E-state index contributed by atoms with van der Waals surface area (Å²) in [4.78, 5) is 23.7. The van der Waals surface area contributed by atoms with Crippen molar-refractivity contribution in [3.63, 3.8) is 0 Å². The maximum atomic E-state index is 11.6. The maximum absolute atomic E-state index is 11.6. The number of carbonyl (C=O) groups excluding carboxylic acids is 1. The summed E-state index contributed by atoms with van der Waals surface area (Å²) in [6.07, 6.45) is 5.57. The number of pyridine rings is 1. The van der Waals surface area contributed by atoms with E-state index in [0.717, 1.165) is 31.9 Å². The van der Waals surface area contributed by atoms with E-state index in [-0.39, 0.29) is 5.91 Å². The highest BCUT2D eigenvalue weighted by Crippen LogP contribution is 2.30. The van der Waals surface area contributed by atoms with Crippen LogP contribution >= 0.6 is 0 Å². The highest BCUT2D eigenvalue weighted by atomic mass is 16.1. The number of hydrogen-bond donors (Lipinski definition) is 1. The topological polar surface area (TPSA) is 51.7 Å². The van der Waals surface area contributed by atoms with Gasteiger partial charge in [0.1, 0.15) is 5.69 Å². The molecule has 0 aromatic carbocycles. The smallest absolute Gasteiger partial charge is 0.269 e. The minimum Gasteiger partial charge on any atom is -0.368 e. The van der Waals surface area contributed by atoms with Gasteiger partial charge in [-0.3, -0.25) is 14.6 Å². The van der Waals surface area contributed by atoms with Gasteiger partial charge in [-0.05, 0) is 38.3 Å². The van der Waals surface area contributed by atoms with Gasteiger partial charge >= 0.3 is 0 Å². The van der Waals surface area contributed by atoms with Gasteiger partial charge in [-0.25, -0.2) is 4.98 Å². The molecule has 2 saturated heterocycles. The van der Waals surface area contributed by atoms with Gasteiger partial charge in [0, 0.05) is 57.9 Å². The van der Waals surface area contributed by atoms with E-state index in [9.17, 15) is 4.79 Å². The van der Waals surface area contributed by atoms with Crippen LogP contribution < -0.4 is 10.2 Å². The molecular weight excluding hydrogens is 338 g/mol. The van der Waals surface area contributed by atoms with E-state index in [4.69, 9.17) is 0 Å². The van der Waals surface area contributed by atoms with Gasteiger partial charge in [0.05, 0.1) is 11.9 Å². The number of nitrogens with zero attached hydrogens (tertiary/aromatic N) is 4. The lowest BCUT2D eigenvalue weighted by atomic mass is 9.93. The average Bonchev–Trinajstić information content (AvgIpc) is 3.24. The van der Waals surface area contributed by atoms with E-state index in [1.165, 1.54) is 32.4 Å². The van der Waals surface area contributed by atoms with Crippen molar-refractivity contribution in [3.05, 3.63) is 24.0 Å². The summed E-state index contributed by atoms with van der Waals surface area (Å²) in [6, 6.07) is 4.52. The fourth-order valence-electron chi connectivity index (χ4n) is 4.41. The molecule has 0 bridgehead atoms. The second kappa shape index (κ2) is 8.57. The van der Waals surface area contributed by atoms with E-state index in [1.807, 2.05) is 18.3 Å². The summed E-state index contributed by atoms with van der Waals surface area (Å²) in [5.74, 6) is -0.136. The predicted molar refractivity (Wildman–Crippen MR) is 110 cm³/mol. The molecule has 3 rings (SSSR count). The van der Waals surface area contributed by atoms with Crippen molar-refractivity contribution in [1.29, 1.82) is 0 Å². The molecule has 1 aromatic rings. The SMILES string of the molecule is CCC(C)(CC)N1CCC(N2CCN(c3ccc(C(=O)NC)nc3)CC2)C1. The third-order valence-electron chi connectivity index (χ3n) is 6.85. The first-order chi connectivity index (χ1) is 13.0. The quantitative estimate of drug-likeness (QED) is 0.829. The highest BCUT2D eigenvalue weighted by Gasteiger charge is 2.37. The first-order valence-corrected chi connectivity index (χ1v) is 10.4. The van der Waals surface area contributed by atoms with E-state index in [0.29, 0.717) is 17.3 Å². The Balaban J connectivity index is 1.53. The Bertz CT molecular complexity index is 620. The summed E-state index contributed by atoms with van der Waals surface area (Å²) in [7, 11) is 1.63. The van der Waals surface area contributed by atoms with Gasteiger partial charge in [0.25, 0.3) is 5.91 Å².